The van der Waals surface area contributed by atoms with Crippen LogP contribution in [0.5, 0.6) is 0 Å². The molecule has 0 saturated carbocycles. The Bertz CT molecular complexity index is 531. The molecule has 0 aliphatic heterocycles. The Labute approximate surface area is 88.5 Å². The van der Waals surface area contributed by atoms with E-state index in [1.807, 2.05) is 30.3 Å². The van der Waals surface area contributed by atoms with Gasteiger partial charge in [0.1, 0.15) is 0 Å². The summed E-state index contributed by atoms with van der Waals surface area (Å²) in [7, 11) is 0. The normalized spacial score (nSPS) is 10.1. The van der Waals surface area contributed by atoms with Crippen molar-refractivity contribution in [2.45, 2.75) is 12.8 Å². The van der Waals surface area contributed by atoms with E-state index in [9.17, 15) is 4.79 Å². The summed E-state index contributed by atoms with van der Waals surface area (Å²) < 4.78 is 1.66. The summed E-state index contributed by atoms with van der Waals surface area (Å²) >= 11 is 0. The number of para-hydroxylation sites is 1. The van der Waals surface area contributed by atoms with Crippen LogP contribution in [0.25, 0.3) is 10.9 Å². The molecule has 1 heterocycles. The molecule has 74 valence electrons. The fourth-order valence-corrected chi connectivity index (χ4v) is 1.60. The van der Waals surface area contributed by atoms with Gasteiger partial charge < -0.3 is 0 Å². The van der Waals surface area contributed by atoms with Crippen LogP contribution in [0.3, 0.4) is 0 Å². The molecule has 0 amide bonds. The number of carbonyl (C=O) groups excluding carboxylic acids is 1. The molecule has 0 radical (unpaired) electrons. The number of aromatic nitrogens is 1. The molecule has 15 heavy (non-hydrogen) atoms. The van der Waals surface area contributed by atoms with Gasteiger partial charge in [0.05, 0.1) is 5.52 Å². The second kappa shape index (κ2) is 4.02. The van der Waals surface area contributed by atoms with Gasteiger partial charge in [-0.25, -0.2) is 0 Å². The van der Waals surface area contributed by atoms with Gasteiger partial charge in [0.25, 0.3) is 0 Å². The maximum absolute atomic E-state index is 11.7. The molecule has 0 atom stereocenters. The van der Waals surface area contributed by atoms with Gasteiger partial charge in [0, 0.05) is 24.4 Å². The molecule has 0 aliphatic rings. The number of hydrogen-bond acceptors (Lipinski definition) is 1. The smallest absolute Gasteiger partial charge is 0.232 e. The van der Waals surface area contributed by atoms with E-state index < -0.39 is 0 Å². The number of rotatable bonds is 2. The SMILES string of the molecule is C#CCCC(=O)n1ccc2ccccc21. The molecule has 0 bridgehead atoms. The Hall–Kier alpha value is -2.01. The summed E-state index contributed by atoms with van der Waals surface area (Å²) in [6, 6.07) is 9.73. The van der Waals surface area contributed by atoms with Crippen molar-refractivity contribution >= 4 is 16.8 Å². The van der Waals surface area contributed by atoms with Crippen molar-refractivity contribution in [3.8, 4) is 12.3 Å². The fraction of sp³-hybridized carbons (Fsp3) is 0.154. The van der Waals surface area contributed by atoms with Gasteiger partial charge in [-0.2, -0.15) is 0 Å². The van der Waals surface area contributed by atoms with Crippen LogP contribution < -0.4 is 0 Å². The Balaban J connectivity index is 2.36. The molecule has 1 aromatic heterocycles. The Morgan fingerprint density at radius 3 is 2.93 bits per heavy atom. The zero-order valence-electron chi connectivity index (χ0n) is 8.31. The minimum absolute atomic E-state index is 0.0501. The lowest BCUT2D eigenvalue weighted by molar-refractivity contribution is 0.0910. The van der Waals surface area contributed by atoms with Gasteiger partial charge in [0.15, 0.2) is 0 Å². The minimum Gasteiger partial charge on any atom is -0.287 e. The van der Waals surface area contributed by atoms with Crippen molar-refractivity contribution in [3.63, 3.8) is 0 Å². The first-order chi connectivity index (χ1) is 7.33. The number of fused-ring (bicyclic) bond motifs is 1. The minimum atomic E-state index is 0.0501. The lowest BCUT2D eigenvalue weighted by atomic mass is 10.2. The van der Waals surface area contributed by atoms with Crippen molar-refractivity contribution in [3.05, 3.63) is 36.5 Å². The van der Waals surface area contributed by atoms with Gasteiger partial charge in [-0.05, 0) is 12.1 Å². The van der Waals surface area contributed by atoms with Crippen LogP contribution in [0.15, 0.2) is 36.5 Å². The Kier molecular flexibility index (Phi) is 2.55. The van der Waals surface area contributed by atoms with Crippen LogP contribution in [0.2, 0.25) is 0 Å². The van der Waals surface area contributed by atoms with Crippen LogP contribution in [0, 0.1) is 12.3 Å². The van der Waals surface area contributed by atoms with Gasteiger partial charge in [-0.3, -0.25) is 9.36 Å². The predicted octanol–water partition coefficient (Wildman–Crippen LogP) is 2.69. The molecule has 0 unspecified atom stereocenters. The fourth-order valence-electron chi connectivity index (χ4n) is 1.60. The number of benzene rings is 1. The lowest BCUT2D eigenvalue weighted by Crippen LogP contribution is -2.08. The maximum Gasteiger partial charge on any atom is 0.232 e. The highest BCUT2D eigenvalue weighted by Crippen LogP contribution is 2.15. The summed E-state index contributed by atoms with van der Waals surface area (Å²) in [6.07, 6.45) is 7.82. The maximum atomic E-state index is 11.7. The molecule has 2 aromatic rings. The zero-order valence-corrected chi connectivity index (χ0v) is 8.31. The van der Waals surface area contributed by atoms with E-state index in [0.29, 0.717) is 12.8 Å². The summed E-state index contributed by atoms with van der Waals surface area (Å²) in [5.74, 6) is 2.52. The van der Waals surface area contributed by atoms with Crippen LogP contribution in [0.4, 0.5) is 0 Å². The summed E-state index contributed by atoms with van der Waals surface area (Å²) in [5.41, 5.74) is 0.944. The number of hydrogen-bond donors (Lipinski definition) is 0. The lowest BCUT2D eigenvalue weighted by Gasteiger charge is -2.01. The van der Waals surface area contributed by atoms with Gasteiger partial charge in [0.2, 0.25) is 5.91 Å². The largest absolute Gasteiger partial charge is 0.287 e. The van der Waals surface area contributed by atoms with E-state index in [2.05, 4.69) is 5.92 Å². The monoisotopic (exact) mass is 197 g/mol. The van der Waals surface area contributed by atoms with Crippen LogP contribution in [-0.2, 0) is 0 Å². The molecule has 1 aromatic carbocycles. The summed E-state index contributed by atoms with van der Waals surface area (Å²) in [4.78, 5) is 11.7. The molecule has 2 nitrogen and oxygen atoms in total. The second-order valence-corrected chi connectivity index (χ2v) is 3.34. The molecule has 0 saturated heterocycles. The number of nitrogens with zero attached hydrogens (tertiary/aromatic N) is 1. The van der Waals surface area contributed by atoms with Crippen LogP contribution in [0.1, 0.15) is 17.6 Å². The Morgan fingerprint density at radius 2 is 2.13 bits per heavy atom. The third-order valence-electron chi connectivity index (χ3n) is 2.35. The first-order valence-electron chi connectivity index (χ1n) is 4.85. The summed E-state index contributed by atoms with van der Waals surface area (Å²) in [6.45, 7) is 0. The van der Waals surface area contributed by atoms with Gasteiger partial charge in [-0.15, -0.1) is 12.3 Å². The van der Waals surface area contributed by atoms with E-state index >= 15 is 0 Å². The number of carbonyl (C=O) groups is 1. The van der Waals surface area contributed by atoms with Gasteiger partial charge in [-0.1, -0.05) is 18.2 Å². The van der Waals surface area contributed by atoms with Crippen molar-refractivity contribution in [2.24, 2.45) is 0 Å². The van der Waals surface area contributed by atoms with E-state index in [1.54, 1.807) is 10.8 Å². The van der Waals surface area contributed by atoms with E-state index in [1.165, 1.54) is 0 Å². The van der Waals surface area contributed by atoms with Gasteiger partial charge >= 0.3 is 0 Å². The topological polar surface area (TPSA) is 22.0 Å². The standard InChI is InChI=1S/C13H11NO/c1-2-3-8-13(15)14-10-9-11-6-4-5-7-12(11)14/h1,4-7,9-10H,3,8H2. The molecule has 2 rings (SSSR count). The van der Waals surface area contributed by atoms with Crippen molar-refractivity contribution in [1.29, 1.82) is 0 Å². The second-order valence-electron chi connectivity index (χ2n) is 3.34. The molecular weight excluding hydrogens is 186 g/mol. The average molecular weight is 197 g/mol. The molecule has 0 fully saturated rings. The van der Waals surface area contributed by atoms with E-state index in [-0.39, 0.29) is 5.91 Å². The van der Waals surface area contributed by atoms with Crippen molar-refractivity contribution in [2.75, 3.05) is 0 Å². The predicted molar refractivity (Wildman–Crippen MR) is 60.6 cm³/mol. The highest BCUT2D eigenvalue weighted by molar-refractivity contribution is 5.92. The molecular formula is C13H11NO. The zero-order chi connectivity index (χ0) is 10.7. The van der Waals surface area contributed by atoms with E-state index in [0.717, 1.165) is 10.9 Å². The van der Waals surface area contributed by atoms with Crippen molar-refractivity contribution in [1.82, 2.24) is 4.57 Å². The first kappa shape index (κ1) is 9.54. The highest BCUT2D eigenvalue weighted by Gasteiger charge is 2.06. The quantitative estimate of drug-likeness (QED) is 0.678. The van der Waals surface area contributed by atoms with E-state index in [4.69, 9.17) is 6.42 Å². The first-order valence-corrected chi connectivity index (χ1v) is 4.85. The van der Waals surface area contributed by atoms with Crippen LogP contribution in [-0.4, -0.2) is 10.5 Å². The highest BCUT2D eigenvalue weighted by atomic mass is 16.1. The van der Waals surface area contributed by atoms with Crippen molar-refractivity contribution < 1.29 is 4.79 Å². The number of terminal acetylenes is 1. The molecule has 0 aliphatic carbocycles. The third-order valence-corrected chi connectivity index (χ3v) is 2.35. The third kappa shape index (κ3) is 1.77. The molecule has 0 N–H and O–H groups in total. The summed E-state index contributed by atoms with van der Waals surface area (Å²) in [5, 5.41) is 1.08. The average Bonchev–Trinajstić information content (AvgIpc) is 2.69. The molecule has 2 heteroatoms. The van der Waals surface area contributed by atoms with Crippen LogP contribution >= 0.6 is 0 Å². The molecule has 0 spiro atoms. The Morgan fingerprint density at radius 1 is 1.33 bits per heavy atom.